The first kappa shape index (κ1) is 14.4. The van der Waals surface area contributed by atoms with Crippen molar-refractivity contribution in [3.8, 4) is 0 Å². The molecule has 0 spiro atoms. The van der Waals surface area contributed by atoms with Gasteiger partial charge < -0.3 is 5.32 Å². The zero-order valence-corrected chi connectivity index (χ0v) is 11.8. The van der Waals surface area contributed by atoms with E-state index in [4.69, 9.17) is 0 Å². The van der Waals surface area contributed by atoms with Crippen molar-refractivity contribution in [1.82, 2.24) is 4.98 Å². The minimum absolute atomic E-state index is 0.358. The summed E-state index contributed by atoms with van der Waals surface area (Å²) < 4.78 is 38.2. The van der Waals surface area contributed by atoms with Crippen LogP contribution >= 0.6 is 0 Å². The number of pyridine rings is 1. The number of alkyl halides is 3. The highest BCUT2D eigenvalue weighted by Crippen LogP contribution is 2.31. The maximum absolute atomic E-state index is 12.7. The molecule has 1 aromatic heterocycles. The summed E-state index contributed by atoms with van der Waals surface area (Å²) >= 11 is 0. The molecule has 0 aliphatic heterocycles. The third kappa shape index (κ3) is 2.88. The molecule has 1 N–H and O–H groups in total. The molecule has 0 saturated carbocycles. The first-order valence-corrected chi connectivity index (χ1v) is 6.74. The molecule has 0 saturated heterocycles. The number of halogens is 3. The van der Waals surface area contributed by atoms with Crippen LogP contribution in [0.2, 0.25) is 0 Å². The van der Waals surface area contributed by atoms with E-state index >= 15 is 0 Å². The van der Waals surface area contributed by atoms with Crippen molar-refractivity contribution >= 4 is 22.4 Å². The number of nitrogens with zero attached hydrogens (tertiary/aromatic N) is 1. The van der Waals surface area contributed by atoms with Crippen LogP contribution < -0.4 is 5.32 Å². The van der Waals surface area contributed by atoms with Gasteiger partial charge in [-0.2, -0.15) is 13.2 Å². The third-order valence-electron chi connectivity index (χ3n) is 3.39. The van der Waals surface area contributed by atoms with Gasteiger partial charge in [-0.3, -0.25) is 0 Å². The zero-order valence-electron chi connectivity index (χ0n) is 11.8. The molecular formula is C17H13F3N2. The van der Waals surface area contributed by atoms with Crippen LogP contribution in [-0.2, 0) is 6.18 Å². The van der Waals surface area contributed by atoms with Gasteiger partial charge in [0.1, 0.15) is 5.82 Å². The van der Waals surface area contributed by atoms with Gasteiger partial charge in [0.2, 0.25) is 0 Å². The van der Waals surface area contributed by atoms with Gasteiger partial charge in [0.25, 0.3) is 0 Å². The quantitative estimate of drug-likeness (QED) is 0.694. The minimum atomic E-state index is -4.36. The fourth-order valence-corrected chi connectivity index (χ4v) is 2.33. The summed E-state index contributed by atoms with van der Waals surface area (Å²) in [6, 6.07) is 14.5. The number of hydrogen-bond acceptors (Lipinski definition) is 2. The van der Waals surface area contributed by atoms with Gasteiger partial charge in [0.05, 0.1) is 11.1 Å². The lowest BCUT2D eigenvalue weighted by molar-refractivity contribution is -0.137. The van der Waals surface area contributed by atoms with Gasteiger partial charge in [0, 0.05) is 11.1 Å². The van der Waals surface area contributed by atoms with Crippen LogP contribution in [-0.4, -0.2) is 4.98 Å². The second kappa shape index (κ2) is 5.33. The fraction of sp³-hybridized carbons (Fsp3) is 0.118. The van der Waals surface area contributed by atoms with E-state index in [1.54, 1.807) is 6.07 Å². The van der Waals surface area contributed by atoms with E-state index in [1.807, 2.05) is 37.3 Å². The SMILES string of the molecule is Cc1cc(Nc2cccc(C(F)(F)F)c2)nc2ccccc12. The van der Waals surface area contributed by atoms with Gasteiger partial charge in [0.15, 0.2) is 0 Å². The summed E-state index contributed by atoms with van der Waals surface area (Å²) in [5.74, 6) is 0.524. The molecule has 0 amide bonds. The number of rotatable bonds is 2. The monoisotopic (exact) mass is 302 g/mol. The molecule has 0 aliphatic carbocycles. The Morgan fingerprint density at radius 1 is 0.955 bits per heavy atom. The van der Waals surface area contributed by atoms with Crippen molar-refractivity contribution in [2.24, 2.45) is 0 Å². The molecule has 3 rings (SSSR count). The van der Waals surface area contributed by atoms with Crippen molar-refractivity contribution in [2.45, 2.75) is 13.1 Å². The topological polar surface area (TPSA) is 24.9 Å². The van der Waals surface area contributed by atoms with E-state index in [0.717, 1.165) is 28.6 Å². The number of aryl methyl sites for hydroxylation is 1. The Kier molecular flexibility index (Phi) is 3.48. The Morgan fingerprint density at radius 3 is 2.50 bits per heavy atom. The Balaban J connectivity index is 1.97. The highest BCUT2D eigenvalue weighted by Gasteiger charge is 2.30. The number of aromatic nitrogens is 1. The molecule has 0 aliphatic rings. The van der Waals surface area contributed by atoms with Crippen LogP contribution in [0.4, 0.5) is 24.7 Å². The van der Waals surface area contributed by atoms with E-state index in [9.17, 15) is 13.2 Å². The van der Waals surface area contributed by atoms with Crippen molar-refractivity contribution in [3.05, 3.63) is 65.7 Å². The number of nitrogens with one attached hydrogen (secondary N) is 1. The van der Waals surface area contributed by atoms with Gasteiger partial charge in [-0.25, -0.2) is 4.98 Å². The molecule has 0 unspecified atom stereocenters. The highest BCUT2D eigenvalue weighted by molar-refractivity contribution is 5.84. The van der Waals surface area contributed by atoms with Crippen LogP contribution in [0.5, 0.6) is 0 Å². The van der Waals surface area contributed by atoms with Gasteiger partial charge in [-0.05, 0) is 42.8 Å². The molecular weight excluding hydrogens is 289 g/mol. The highest BCUT2D eigenvalue weighted by atomic mass is 19.4. The van der Waals surface area contributed by atoms with Gasteiger partial charge in [-0.1, -0.05) is 24.3 Å². The Morgan fingerprint density at radius 2 is 1.73 bits per heavy atom. The van der Waals surface area contributed by atoms with Crippen LogP contribution in [0, 0.1) is 6.92 Å². The largest absolute Gasteiger partial charge is 0.416 e. The van der Waals surface area contributed by atoms with Crippen LogP contribution in [0.15, 0.2) is 54.6 Å². The third-order valence-corrected chi connectivity index (χ3v) is 3.39. The van der Waals surface area contributed by atoms with Crippen molar-refractivity contribution in [3.63, 3.8) is 0 Å². The Bertz CT molecular complexity index is 825. The number of para-hydroxylation sites is 1. The van der Waals surface area contributed by atoms with E-state index in [2.05, 4.69) is 10.3 Å². The molecule has 2 nitrogen and oxygen atoms in total. The predicted octanol–water partition coefficient (Wildman–Crippen LogP) is 5.31. The molecule has 5 heteroatoms. The lowest BCUT2D eigenvalue weighted by atomic mass is 10.1. The summed E-state index contributed by atoms with van der Waals surface area (Å²) in [5, 5.41) is 3.96. The summed E-state index contributed by atoms with van der Waals surface area (Å²) in [6.07, 6.45) is -4.36. The molecule has 0 bridgehead atoms. The molecule has 1 heterocycles. The normalized spacial score (nSPS) is 11.6. The summed E-state index contributed by atoms with van der Waals surface area (Å²) in [6.45, 7) is 1.95. The molecule has 0 atom stereocenters. The number of benzene rings is 2. The lowest BCUT2D eigenvalue weighted by Gasteiger charge is -2.11. The van der Waals surface area contributed by atoms with Crippen LogP contribution in [0.1, 0.15) is 11.1 Å². The second-order valence-electron chi connectivity index (χ2n) is 5.05. The van der Waals surface area contributed by atoms with Crippen LogP contribution in [0.25, 0.3) is 10.9 Å². The molecule has 0 fully saturated rings. The fourth-order valence-electron chi connectivity index (χ4n) is 2.33. The van der Waals surface area contributed by atoms with Crippen molar-refractivity contribution in [1.29, 1.82) is 0 Å². The van der Waals surface area contributed by atoms with E-state index < -0.39 is 11.7 Å². The first-order chi connectivity index (χ1) is 10.4. The first-order valence-electron chi connectivity index (χ1n) is 6.74. The number of fused-ring (bicyclic) bond motifs is 1. The molecule has 22 heavy (non-hydrogen) atoms. The average molecular weight is 302 g/mol. The predicted molar refractivity (Wildman–Crippen MR) is 81.2 cm³/mol. The summed E-state index contributed by atoms with van der Waals surface area (Å²) in [4.78, 5) is 4.43. The van der Waals surface area contributed by atoms with Crippen molar-refractivity contribution < 1.29 is 13.2 Å². The molecule has 2 aromatic carbocycles. The number of anilines is 2. The maximum Gasteiger partial charge on any atom is 0.416 e. The smallest absolute Gasteiger partial charge is 0.340 e. The van der Waals surface area contributed by atoms with Gasteiger partial charge >= 0.3 is 6.18 Å². The Hall–Kier alpha value is -2.56. The van der Waals surface area contributed by atoms with Gasteiger partial charge in [-0.15, -0.1) is 0 Å². The second-order valence-corrected chi connectivity index (χ2v) is 5.05. The van der Waals surface area contributed by atoms with E-state index in [-0.39, 0.29) is 0 Å². The Labute approximate surface area is 125 Å². The number of hydrogen-bond donors (Lipinski definition) is 1. The van der Waals surface area contributed by atoms with Crippen LogP contribution in [0.3, 0.4) is 0 Å². The molecule has 3 aromatic rings. The maximum atomic E-state index is 12.7. The lowest BCUT2D eigenvalue weighted by Crippen LogP contribution is -2.05. The average Bonchev–Trinajstić information content (AvgIpc) is 2.47. The molecule has 0 radical (unpaired) electrons. The van der Waals surface area contributed by atoms with E-state index in [0.29, 0.717) is 11.5 Å². The molecule has 112 valence electrons. The minimum Gasteiger partial charge on any atom is -0.340 e. The summed E-state index contributed by atoms with van der Waals surface area (Å²) in [7, 11) is 0. The van der Waals surface area contributed by atoms with E-state index in [1.165, 1.54) is 6.07 Å². The van der Waals surface area contributed by atoms with Crippen molar-refractivity contribution in [2.75, 3.05) is 5.32 Å². The zero-order chi connectivity index (χ0) is 15.7. The standard InChI is InChI=1S/C17H13F3N2/c1-11-9-16(22-15-8-3-2-7-14(11)15)21-13-6-4-5-12(10-13)17(18,19)20/h2-10H,1H3,(H,21,22). The summed E-state index contributed by atoms with van der Waals surface area (Å²) in [5.41, 5.74) is 1.49.